The van der Waals surface area contributed by atoms with Crippen LogP contribution in [0.2, 0.25) is 0 Å². The number of H-pyrrole nitrogens is 1. The van der Waals surface area contributed by atoms with Crippen LogP contribution >= 0.6 is 0 Å². The van der Waals surface area contributed by atoms with Crippen LogP contribution in [0.25, 0.3) is 0 Å². The number of piperidine rings is 1. The van der Waals surface area contributed by atoms with E-state index in [0.29, 0.717) is 12.5 Å². The predicted octanol–water partition coefficient (Wildman–Crippen LogP) is 1.23. The minimum atomic E-state index is -3.88. The zero-order chi connectivity index (χ0) is 15.1. The van der Waals surface area contributed by atoms with Gasteiger partial charge >= 0.3 is 5.97 Å². The molecular weight excluding hydrogens is 282 g/mol. The zero-order valence-electron chi connectivity index (χ0n) is 11.8. The fraction of sp³-hybridized carbons (Fsp3) is 0.667. The third-order valence-corrected chi connectivity index (χ3v) is 5.70. The maximum atomic E-state index is 12.6. The van der Waals surface area contributed by atoms with Gasteiger partial charge in [0.2, 0.25) is 5.03 Å². The minimum absolute atomic E-state index is 0.151. The molecule has 0 spiro atoms. The molecule has 0 amide bonds. The molecule has 2 heterocycles. The van der Waals surface area contributed by atoms with Crippen molar-refractivity contribution in [3.05, 3.63) is 11.3 Å². The van der Waals surface area contributed by atoms with E-state index >= 15 is 0 Å². The number of aryl methyl sites for hydroxylation is 1. The van der Waals surface area contributed by atoms with Crippen molar-refractivity contribution in [1.82, 2.24) is 14.5 Å². The highest BCUT2D eigenvalue weighted by atomic mass is 32.2. The molecule has 1 aliphatic heterocycles. The smallest absolute Gasteiger partial charge is 0.340 e. The van der Waals surface area contributed by atoms with E-state index in [1.165, 1.54) is 11.2 Å². The summed E-state index contributed by atoms with van der Waals surface area (Å²) in [7, 11) is -3.88. The first-order valence-corrected chi connectivity index (χ1v) is 7.99. The molecule has 1 aliphatic rings. The Balaban J connectivity index is 2.43. The van der Waals surface area contributed by atoms with E-state index in [1.54, 1.807) is 0 Å². The molecule has 0 aliphatic carbocycles. The number of hydrogen-bond donors (Lipinski definition) is 2. The molecule has 20 heavy (non-hydrogen) atoms. The molecule has 0 radical (unpaired) electrons. The number of carboxylic acids is 1. The summed E-state index contributed by atoms with van der Waals surface area (Å²) in [4.78, 5) is 11.2. The Hall–Kier alpha value is -1.41. The largest absolute Gasteiger partial charge is 0.478 e. The number of nitrogens with one attached hydrogen (secondary N) is 1. The molecule has 1 aromatic rings. The maximum absolute atomic E-state index is 12.6. The van der Waals surface area contributed by atoms with E-state index in [-0.39, 0.29) is 22.3 Å². The van der Waals surface area contributed by atoms with E-state index in [2.05, 4.69) is 17.1 Å². The summed E-state index contributed by atoms with van der Waals surface area (Å²) in [5, 5.41) is 14.9. The third-order valence-electron chi connectivity index (χ3n) is 3.76. The van der Waals surface area contributed by atoms with E-state index in [1.807, 2.05) is 6.92 Å². The second-order valence-electron chi connectivity index (χ2n) is 5.43. The number of rotatable bonds is 3. The van der Waals surface area contributed by atoms with E-state index < -0.39 is 16.0 Å². The van der Waals surface area contributed by atoms with E-state index in [4.69, 9.17) is 5.11 Å². The highest BCUT2D eigenvalue weighted by Crippen LogP contribution is 2.29. The van der Waals surface area contributed by atoms with Crippen LogP contribution in [0.3, 0.4) is 0 Å². The lowest BCUT2D eigenvalue weighted by Crippen LogP contribution is -2.44. The normalized spacial score (nSPS) is 24.8. The number of sulfonamides is 1. The van der Waals surface area contributed by atoms with Gasteiger partial charge in [0.1, 0.15) is 5.56 Å². The Labute approximate surface area is 118 Å². The molecule has 0 saturated carbocycles. The fourth-order valence-corrected chi connectivity index (χ4v) is 4.49. The lowest BCUT2D eigenvalue weighted by Gasteiger charge is -2.34. The number of carboxylic acid groups (broad SMARTS) is 1. The van der Waals surface area contributed by atoms with Gasteiger partial charge in [-0.15, -0.1) is 0 Å². The number of aromatic carboxylic acids is 1. The highest BCUT2D eigenvalue weighted by Gasteiger charge is 2.38. The van der Waals surface area contributed by atoms with Crippen LogP contribution in [0.5, 0.6) is 0 Å². The molecule has 0 bridgehead atoms. The Bertz CT molecular complexity index is 623. The fourth-order valence-electron chi connectivity index (χ4n) is 2.70. The van der Waals surface area contributed by atoms with Gasteiger partial charge in [0, 0.05) is 18.3 Å². The van der Waals surface area contributed by atoms with E-state index in [0.717, 1.165) is 12.8 Å². The monoisotopic (exact) mass is 301 g/mol. The lowest BCUT2D eigenvalue weighted by atomic mass is 9.95. The van der Waals surface area contributed by atoms with Gasteiger partial charge in [0.05, 0.1) is 0 Å². The summed E-state index contributed by atoms with van der Waals surface area (Å²) in [5.74, 6) is -0.816. The van der Waals surface area contributed by atoms with Gasteiger partial charge in [-0.3, -0.25) is 5.10 Å². The first-order valence-electron chi connectivity index (χ1n) is 6.55. The molecule has 8 heteroatoms. The van der Waals surface area contributed by atoms with E-state index in [9.17, 15) is 13.2 Å². The predicted molar refractivity (Wildman–Crippen MR) is 72.0 cm³/mol. The zero-order valence-corrected chi connectivity index (χ0v) is 12.6. The summed E-state index contributed by atoms with van der Waals surface area (Å²) in [6.45, 7) is 5.82. The van der Waals surface area contributed by atoms with Gasteiger partial charge in [-0.05, 0) is 32.6 Å². The molecular formula is C12H19N3O4S. The average Bonchev–Trinajstić information content (AvgIpc) is 2.71. The Morgan fingerprint density at radius 2 is 2.10 bits per heavy atom. The minimum Gasteiger partial charge on any atom is -0.478 e. The maximum Gasteiger partial charge on any atom is 0.340 e. The second-order valence-corrected chi connectivity index (χ2v) is 7.23. The van der Waals surface area contributed by atoms with Gasteiger partial charge in [0.25, 0.3) is 10.0 Å². The van der Waals surface area contributed by atoms with Crippen LogP contribution in [-0.4, -0.2) is 46.6 Å². The van der Waals surface area contributed by atoms with Crippen LogP contribution in [-0.2, 0) is 10.0 Å². The second kappa shape index (κ2) is 5.17. The van der Waals surface area contributed by atoms with Gasteiger partial charge in [-0.25, -0.2) is 13.2 Å². The van der Waals surface area contributed by atoms with Crippen LogP contribution in [0.15, 0.2) is 5.03 Å². The van der Waals surface area contributed by atoms with Crippen molar-refractivity contribution in [3.63, 3.8) is 0 Å². The molecule has 2 atom stereocenters. The van der Waals surface area contributed by atoms with Gasteiger partial charge < -0.3 is 5.11 Å². The molecule has 2 N–H and O–H groups in total. The van der Waals surface area contributed by atoms with Gasteiger partial charge in [0.15, 0.2) is 0 Å². The molecule has 2 unspecified atom stereocenters. The van der Waals surface area contributed by atoms with Crippen LogP contribution < -0.4 is 0 Å². The van der Waals surface area contributed by atoms with Crippen molar-refractivity contribution < 1.29 is 18.3 Å². The third kappa shape index (κ3) is 2.45. The number of nitrogens with zero attached hydrogens (tertiary/aromatic N) is 2. The summed E-state index contributed by atoms with van der Waals surface area (Å²) in [6, 6.07) is -0.151. The van der Waals surface area contributed by atoms with Crippen molar-refractivity contribution in [3.8, 4) is 0 Å². The molecule has 1 aromatic heterocycles. The topological polar surface area (TPSA) is 103 Å². The summed E-state index contributed by atoms with van der Waals surface area (Å²) < 4.78 is 26.6. The Kier molecular flexibility index (Phi) is 3.88. The number of hydrogen-bond acceptors (Lipinski definition) is 4. The molecule has 112 valence electrons. The molecule has 7 nitrogen and oxygen atoms in total. The molecule has 1 fully saturated rings. The SMILES string of the molecule is Cc1[nH]nc(S(=O)(=O)N2CCC(C)CC2C)c1C(=O)O. The van der Waals surface area contributed by atoms with Crippen molar-refractivity contribution >= 4 is 16.0 Å². The number of aromatic amines is 1. The highest BCUT2D eigenvalue weighted by molar-refractivity contribution is 7.89. The van der Waals surface area contributed by atoms with Crippen molar-refractivity contribution in [2.24, 2.45) is 5.92 Å². The van der Waals surface area contributed by atoms with Crippen LogP contribution in [0.4, 0.5) is 0 Å². The Morgan fingerprint density at radius 1 is 1.45 bits per heavy atom. The van der Waals surface area contributed by atoms with Crippen molar-refractivity contribution in [1.29, 1.82) is 0 Å². The average molecular weight is 301 g/mol. The lowest BCUT2D eigenvalue weighted by molar-refractivity contribution is 0.0691. The quantitative estimate of drug-likeness (QED) is 0.873. The summed E-state index contributed by atoms with van der Waals surface area (Å²) in [6.07, 6.45) is 1.54. The summed E-state index contributed by atoms with van der Waals surface area (Å²) >= 11 is 0. The number of carbonyl (C=O) groups is 1. The summed E-state index contributed by atoms with van der Waals surface area (Å²) in [5.41, 5.74) is -0.0232. The number of aromatic nitrogens is 2. The van der Waals surface area contributed by atoms with Gasteiger partial charge in [-0.1, -0.05) is 6.92 Å². The van der Waals surface area contributed by atoms with Crippen LogP contribution in [0.1, 0.15) is 42.7 Å². The molecule has 0 aromatic carbocycles. The Morgan fingerprint density at radius 3 is 2.65 bits per heavy atom. The van der Waals surface area contributed by atoms with Crippen molar-refractivity contribution in [2.45, 2.75) is 44.7 Å². The molecule has 1 saturated heterocycles. The van der Waals surface area contributed by atoms with Crippen molar-refractivity contribution in [2.75, 3.05) is 6.54 Å². The first-order chi connectivity index (χ1) is 9.25. The standard InChI is InChI=1S/C12H19N3O4S/c1-7-4-5-15(8(2)6-7)20(18,19)11-10(12(16)17)9(3)13-14-11/h7-8H,4-6H2,1-3H3,(H,13,14)(H,16,17). The molecule has 2 rings (SSSR count). The first kappa shape index (κ1) is 15.0. The van der Waals surface area contributed by atoms with Gasteiger partial charge in [-0.2, -0.15) is 9.40 Å². The van der Waals surface area contributed by atoms with Crippen LogP contribution in [0, 0.1) is 12.8 Å².